The van der Waals surface area contributed by atoms with Crippen LogP contribution in [-0.4, -0.2) is 60.8 Å². The van der Waals surface area contributed by atoms with E-state index >= 15 is 0 Å². The Bertz CT molecular complexity index is 177. The standard InChI is InChI=1S/C16H35NO3/c1-17(2)11-9-7-5-4-6-8-10-12-19-15-16-20-14-13-18-3/h4-16H2,1-3H3/p+1. The minimum atomic E-state index is 0.662. The minimum Gasteiger partial charge on any atom is -0.382 e. The number of nitrogens with one attached hydrogen (secondary N) is 1. The summed E-state index contributed by atoms with van der Waals surface area (Å²) in [6, 6.07) is 0. The van der Waals surface area contributed by atoms with Gasteiger partial charge in [0.1, 0.15) is 0 Å². The van der Waals surface area contributed by atoms with Crippen LogP contribution in [-0.2, 0) is 14.2 Å². The zero-order chi connectivity index (χ0) is 14.9. The molecule has 4 nitrogen and oxygen atoms in total. The van der Waals surface area contributed by atoms with Crippen molar-refractivity contribution in [1.82, 2.24) is 0 Å². The lowest BCUT2D eigenvalue weighted by Crippen LogP contribution is -3.05. The maximum absolute atomic E-state index is 5.52. The molecule has 0 heterocycles. The molecular formula is C16H36NO3+. The van der Waals surface area contributed by atoms with Crippen LogP contribution < -0.4 is 4.90 Å². The maximum atomic E-state index is 5.52. The lowest BCUT2D eigenvalue weighted by atomic mass is 10.1. The van der Waals surface area contributed by atoms with Crippen molar-refractivity contribution in [3.8, 4) is 0 Å². The molecule has 0 rings (SSSR count). The Hall–Kier alpha value is -0.160. The normalized spacial score (nSPS) is 11.4. The number of quaternary nitrogens is 1. The molecule has 0 saturated carbocycles. The SMILES string of the molecule is COCCOCCOCCCCCCCCC[NH+](C)C. The summed E-state index contributed by atoms with van der Waals surface area (Å²) >= 11 is 0. The smallest absolute Gasteiger partial charge is 0.0766 e. The molecule has 0 aliphatic rings. The van der Waals surface area contributed by atoms with Gasteiger partial charge in [0, 0.05) is 13.7 Å². The molecule has 0 aromatic carbocycles. The van der Waals surface area contributed by atoms with Gasteiger partial charge in [-0.15, -0.1) is 0 Å². The molecule has 0 aliphatic carbocycles. The van der Waals surface area contributed by atoms with E-state index in [0.717, 1.165) is 6.61 Å². The van der Waals surface area contributed by atoms with Crippen LogP contribution in [0.15, 0.2) is 0 Å². The number of hydrogen-bond acceptors (Lipinski definition) is 3. The maximum Gasteiger partial charge on any atom is 0.0766 e. The third-order valence-corrected chi connectivity index (χ3v) is 3.27. The van der Waals surface area contributed by atoms with Crippen LogP contribution in [0.1, 0.15) is 44.9 Å². The first kappa shape index (κ1) is 19.8. The topological polar surface area (TPSA) is 32.1 Å². The van der Waals surface area contributed by atoms with Crippen LogP contribution in [0.25, 0.3) is 0 Å². The van der Waals surface area contributed by atoms with Crippen LogP contribution in [0.4, 0.5) is 0 Å². The molecule has 0 aliphatic heterocycles. The fraction of sp³-hybridized carbons (Fsp3) is 1.00. The summed E-state index contributed by atoms with van der Waals surface area (Å²) in [4.78, 5) is 1.56. The molecular weight excluding hydrogens is 254 g/mol. The molecule has 20 heavy (non-hydrogen) atoms. The highest BCUT2D eigenvalue weighted by molar-refractivity contribution is 4.46. The fourth-order valence-electron chi connectivity index (χ4n) is 2.03. The highest BCUT2D eigenvalue weighted by atomic mass is 16.5. The van der Waals surface area contributed by atoms with Crippen LogP contribution in [0, 0.1) is 0 Å². The second-order valence-corrected chi connectivity index (χ2v) is 5.65. The molecule has 0 fully saturated rings. The monoisotopic (exact) mass is 290 g/mol. The van der Waals surface area contributed by atoms with Crippen molar-refractivity contribution in [3.63, 3.8) is 0 Å². The highest BCUT2D eigenvalue weighted by Crippen LogP contribution is 2.06. The van der Waals surface area contributed by atoms with E-state index in [4.69, 9.17) is 14.2 Å². The van der Waals surface area contributed by atoms with Gasteiger partial charge in [0.2, 0.25) is 0 Å². The first-order valence-electron chi connectivity index (χ1n) is 8.21. The van der Waals surface area contributed by atoms with Gasteiger partial charge in [0.25, 0.3) is 0 Å². The summed E-state index contributed by atoms with van der Waals surface area (Å²) in [5, 5.41) is 0. The summed E-state index contributed by atoms with van der Waals surface area (Å²) in [6.07, 6.45) is 9.35. The molecule has 0 saturated heterocycles. The van der Waals surface area contributed by atoms with E-state index in [-0.39, 0.29) is 0 Å². The van der Waals surface area contributed by atoms with Gasteiger partial charge in [-0.05, 0) is 19.3 Å². The fourth-order valence-corrected chi connectivity index (χ4v) is 2.03. The largest absolute Gasteiger partial charge is 0.382 e. The van der Waals surface area contributed by atoms with E-state index in [9.17, 15) is 0 Å². The first-order chi connectivity index (χ1) is 9.77. The van der Waals surface area contributed by atoms with Gasteiger partial charge in [-0.25, -0.2) is 0 Å². The lowest BCUT2D eigenvalue weighted by Gasteiger charge is -2.07. The van der Waals surface area contributed by atoms with Crippen molar-refractivity contribution < 1.29 is 19.1 Å². The zero-order valence-corrected chi connectivity index (χ0v) is 13.9. The molecule has 0 atom stereocenters. The average molecular weight is 290 g/mol. The van der Waals surface area contributed by atoms with Crippen LogP contribution in [0.2, 0.25) is 0 Å². The Morgan fingerprint density at radius 1 is 0.600 bits per heavy atom. The van der Waals surface area contributed by atoms with Crippen molar-refractivity contribution in [3.05, 3.63) is 0 Å². The summed E-state index contributed by atoms with van der Waals surface area (Å²) in [6.45, 7) is 4.89. The third kappa shape index (κ3) is 17.8. The van der Waals surface area contributed by atoms with Crippen molar-refractivity contribution in [2.75, 3.05) is 60.8 Å². The number of rotatable bonds is 16. The lowest BCUT2D eigenvalue weighted by molar-refractivity contribution is -0.858. The molecule has 0 aromatic rings. The summed E-state index contributed by atoms with van der Waals surface area (Å²) in [7, 11) is 6.13. The predicted octanol–water partition coefficient (Wildman–Crippen LogP) is 1.54. The number of ether oxygens (including phenoxy) is 3. The molecule has 0 radical (unpaired) electrons. The molecule has 1 N–H and O–H groups in total. The zero-order valence-electron chi connectivity index (χ0n) is 13.9. The molecule has 0 bridgehead atoms. The predicted molar refractivity (Wildman–Crippen MR) is 83.5 cm³/mol. The molecule has 0 amide bonds. The minimum absolute atomic E-state index is 0.662. The summed E-state index contributed by atoms with van der Waals surface area (Å²) in [5.41, 5.74) is 0. The number of methoxy groups -OCH3 is 1. The van der Waals surface area contributed by atoms with Crippen molar-refractivity contribution >= 4 is 0 Å². The second kappa shape index (κ2) is 16.9. The Morgan fingerprint density at radius 2 is 1.10 bits per heavy atom. The van der Waals surface area contributed by atoms with Crippen molar-refractivity contribution in [2.24, 2.45) is 0 Å². The van der Waals surface area contributed by atoms with Crippen molar-refractivity contribution in [2.45, 2.75) is 44.9 Å². The van der Waals surface area contributed by atoms with E-state index in [0.29, 0.717) is 26.4 Å². The van der Waals surface area contributed by atoms with E-state index in [2.05, 4.69) is 14.1 Å². The van der Waals surface area contributed by atoms with Gasteiger partial charge in [-0.2, -0.15) is 0 Å². The Kier molecular flexibility index (Phi) is 16.8. The van der Waals surface area contributed by atoms with Gasteiger partial charge in [0.15, 0.2) is 0 Å². The quantitative estimate of drug-likeness (QED) is 0.438. The van der Waals surface area contributed by atoms with Crippen LogP contribution >= 0.6 is 0 Å². The van der Waals surface area contributed by atoms with Gasteiger partial charge in [0.05, 0.1) is 47.1 Å². The van der Waals surface area contributed by atoms with Crippen LogP contribution in [0.5, 0.6) is 0 Å². The molecule has 122 valence electrons. The van der Waals surface area contributed by atoms with E-state index in [1.165, 1.54) is 51.5 Å². The van der Waals surface area contributed by atoms with Gasteiger partial charge in [-0.1, -0.05) is 25.7 Å². The first-order valence-corrected chi connectivity index (χ1v) is 8.21. The third-order valence-electron chi connectivity index (χ3n) is 3.27. The van der Waals surface area contributed by atoms with Gasteiger partial charge in [-0.3, -0.25) is 0 Å². The molecule has 4 heteroatoms. The van der Waals surface area contributed by atoms with E-state index in [1.54, 1.807) is 12.0 Å². The number of unbranched alkanes of at least 4 members (excludes halogenated alkanes) is 6. The molecule has 0 aromatic heterocycles. The van der Waals surface area contributed by atoms with Gasteiger partial charge < -0.3 is 19.1 Å². The van der Waals surface area contributed by atoms with Gasteiger partial charge >= 0.3 is 0 Å². The Balaban J connectivity index is 2.92. The Labute approximate surface area is 125 Å². The highest BCUT2D eigenvalue weighted by Gasteiger charge is 1.95. The Morgan fingerprint density at radius 3 is 1.70 bits per heavy atom. The second-order valence-electron chi connectivity index (χ2n) is 5.65. The summed E-state index contributed by atoms with van der Waals surface area (Å²) < 4.78 is 15.7. The molecule has 0 unspecified atom stereocenters. The average Bonchev–Trinajstić information content (AvgIpc) is 2.43. The summed E-state index contributed by atoms with van der Waals surface area (Å²) in [5.74, 6) is 0. The molecule has 0 spiro atoms. The van der Waals surface area contributed by atoms with E-state index < -0.39 is 0 Å². The van der Waals surface area contributed by atoms with Crippen molar-refractivity contribution in [1.29, 1.82) is 0 Å². The number of hydrogen-bond donors (Lipinski definition) is 1. The van der Waals surface area contributed by atoms with Crippen LogP contribution in [0.3, 0.4) is 0 Å². The van der Waals surface area contributed by atoms with E-state index in [1.807, 2.05) is 0 Å².